The van der Waals surface area contributed by atoms with Crippen molar-refractivity contribution in [2.24, 2.45) is 0 Å². The Morgan fingerprint density at radius 3 is 2.05 bits per heavy atom. The highest BCUT2D eigenvalue weighted by atomic mass is 31.2. The number of hydrogen-bond donors (Lipinski definition) is 0. The highest BCUT2D eigenvalue weighted by Gasteiger charge is 2.37. The Morgan fingerprint density at radius 2 is 1.68 bits per heavy atom. The van der Waals surface area contributed by atoms with Crippen LogP contribution in [0.25, 0.3) is 0 Å². The minimum atomic E-state index is -3.52. The van der Waals surface area contributed by atoms with Crippen molar-refractivity contribution in [2.75, 3.05) is 13.2 Å². The van der Waals surface area contributed by atoms with Crippen LogP contribution in [0.2, 0.25) is 0 Å². The van der Waals surface area contributed by atoms with Gasteiger partial charge in [0, 0.05) is 0 Å². The number of rotatable bonds is 6. The Bertz CT molecular complexity index is 532. The second kappa shape index (κ2) is 7.07. The largest absolute Gasteiger partial charge is 0.352 e. The first-order valence-corrected chi connectivity index (χ1v) is 7.51. The van der Waals surface area contributed by atoms with Crippen molar-refractivity contribution in [3.05, 3.63) is 35.4 Å². The van der Waals surface area contributed by atoms with Crippen molar-refractivity contribution in [1.29, 1.82) is 10.5 Å². The molecule has 0 radical (unpaired) electrons. The molecule has 100 valence electrons. The molecule has 0 aromatic heterocycles. The summed E-state index contributed by atoms with van der Waals surface area (Å²) in [5.74, 6) is 0. The summed E-state index contributed by atoms with van der Waals surface area (Å²) in [6, 6.07) is 10.3. The van der Waals surface area contributed by atoms with Gasteiger partial charge in [0.15, 0.2) is 5.66 Å². The van der Waals surface area contributed by atoms with E-state index in [-0.39, 0.29) is 13.2 Å². The maximum Gasteiger partial charge on any atom is 0.352 e. The minimum absolute atomic E-state index is 0.200. The maximum absolute atomic E-state index is 12.6. The lowest BCUT2D eigenvalue weighted by molar-refractivity contribution is 0.216. The number of nitriles is 2. The molecule has 1 atom stereocenters. The summed E-state index contributed by atoms with van der Waals surface area (Å²) in [4.78, 5) is 0. The average Bonchev–Trinajstić information content (AvgIpc) is 2.40. The third kappa shape index (κ3) is 3.66. The topological polar surface area (TPSA) is 83.1 Å². The van der Waals surface area contributed by atoms with Gasteiger partial charge in [-0.1, -0.05) is 12.1 Å². The molecule has 19 heavy (non-hydrogen) atoms. The molecule has 6 heteroatoms. The Labute approximate surface area is 112 Å². The highest BCUT2D eigenvalue weighted by Crippen LogP contribution is 2.60. The van der Waals surface area contributed by atoms with Gasteiger partial charge >= 0.3 is 7.60 Å². The summed E-state index contributed by atoms with van der Waals surface area (Å²) in [6.45, 7) is 3.79. The number of hydrogen-bond acceptors (Lipinski definition) is 5. The van der Waals surface area contributed by atoms with E-state index < -0.39 is 13.3 Å². The van der Waals surface area contributed by atoms with E-state index in [1.807, 2.05) is 12.1 Å². The predicted octanol–water partition coefficient (Wildman–Crippen LogP) is 3.39. The Balaban J connectivity index is 3.13. The van der Waals surface area contributed by atoms with Crippen molar-refractivity contribution in [2.45, 2.75) is 19.5 Å². The molecule has 0 amide bonds. The second-order valence-corrected chi connectivity index (χ2v) is 5.75. The molecule has 0 fully saturated rings. The van der Waals surface area contributed by atoms with Crippen molar-refractivity contribution in [1.82, 2.24) is 0 Å². The van der Waals surface area contributed by atoms with Crippen LogP contribution in [0.3, 0.4) is 0 Å². The van der Waals surface area contributed by atoms with E-state index in [0.29, 0.717) is 11.1 Å². The Morgan fingerprint density at radius 1 is 1.16 bits per heavy atom. The molecule has 0 spiro atoms. The molecule has 0 aliphatic carbocycles. The normalized spacial score (nSPS) is 12.4. The van der Waals surface area contributed by atoms with Gasteiger partial charge in [-0.3, -0.25) is 4.57 Å². The summed E-state index contributed by atoms with van der Waals surface area (Å²) in [5.41, 5.74) is 0.00923. The van der Waals surface area contributed by atoms with Crippen LogP contribution in [0.15, 0.2) is 24.3 Å². The summed E-state index contributed by atoms with van der Waals surface area (Å²) >= 11 is 0. The Kier molecular flexibility index (Phi) is 5.73. The van der Waals surface area contributed by atoms with Gasteiger partial charge in [-0.05, 0) is 31.5 Å². The van der Waals surface area contributed by atoms with Crippen molar-refractivity contribution >= 4 is 7.60 Å². The molecule has 0 heterocycles. The predicted molar refractivity (Wildman–Crippen MR) is 70.4 cm³/mol. The van der Waals surface area contributed by atoms with Gasteiger partial charge in [-0.15, -0.1) is 0 Å². The van der Waals surface area contributed by atoms with Crippen LogP contribution in [0.5, 0.6) is 0 Å². The van der Waals surface area contributed by atoms with Gasteiger partial charge in [-0.2, -0.15) is 10.5 Å². The lowest BCUT2D eigenvalue weighted by Crippen LogP contribution is -2.05. The fourth-order valence-electron chi connectivity index (χ4n) is 1.61. The first kappa shape index (κ1) is 15.4. The maximum atomic E-state index is 12.6. The van der Waals surface area contributed by atoms with Gasteiger partial charge in [0.2, 0.25) is 0 Å². The van der Waals surface area contributed by atoms with Crippen LogP contribution in [0, 0.1) is 22.7 Å². The molecule has 1 unspecified atom stereocenters. The van der Waals surface area contributed by atoms with E-state index in [1.165, 1.54) is 0 Å². The Hall–Kier alpha value is -1.65. The molecule has 0 saturated heterocycles. The molecule has 1 aromatic rings. The van der Waals surface area contributed by atoms with Crippen LogP contribution >= 0.6 is 7.60 Å². The highest BCUT2D eigenvalue weighted by molar-refractivity contribution is 7.54. The van der Waals surface area contributed by atoms with Crippen LogP contribution in [-0.4, -0.2) is 13.2 Å². The zero-order valence-corrected chi connectivity index (χ0v) is 11.8. The van der Waals surface area contributed by atoms with Crippen molar-refractivity contribution in [3.63, 3.8) is 0 Å². The van der Waals surface area contributed by atoms with Gasteiger partial charge < -0.3 is 9.05 Å². The monoisotopic (exact) mass is 278 g/mol. The molecule has 0 bridgehead atoms. The van der Waals surface area contributed by atoms with Gasteiger partial charge in [0.05, 0.1) is 30.9 Å². The lowest BCUT2D eigenvalue weighted by atomic mass is 10.1. The molecule has 1 rings (SSSR count). The summed E-state index contributed by atoms with van der Waals surface area (Å²) < 4.78 is 22.9. The molecule has 0 N–H and O–H groups in total. The van der Waals surface area contributed by atoms with Gasteiger partial charge in [0.1, 0.15) is 0 Å². The molecule has 5 nitrogen and oxygen atoms in total. The average molecular weight is 278 g/mol. The zero-order chi connectivity index (χ0) is 14.3. The van der Waals surface area contributed by atoms with E-state index in [1.54, 1.807) is 38.1 Å². The molecule has 1 aromatic carbocycles. The van der Waals surface area contributed by atoms with Gasteiger partial charge in [-0.25, -0.2) is 0 Å². The summed E-state index contributed by atoms with van der Waals surface area (Å²) in [5, 5.41) is 18.0. The van der Waals surface area contributed by atoms with E-state index in [0.717, 1.165) is 0 Å². The molecule has 0 saturated carbocycles. The second-order valence-electron chi connectivity index (χ2n) is 3.64. The van der Waals surface area contributed by atoms with E-state index in [9.17, 15) is 9.83 Å². The number of nitrogens with zero attached hydrogens (tertiary/aromatic N) is 2. The standard InChI is InChI=1S/C13H15N2O3P/c1-3-17-19(16,18-4-2)13(10-15)12-7-5-11(9-14)6-8-12/h5-8,13H,3-4H2,1-2H3. The quantitative estimate of drug-likeness (QED) is 0.745. The smallest absolute Gasteiger partial charge is 0.308 e. The molecule has 0 aliphatic heterocycles. The molecular weight excluding hydrogens is 263 g/mol. The molecular formula is C13H15N2O3P. The van der Waals surface area contributed by atoms with Crippen LogP contribution in [-0.2, 0) is 13.6 Å². The first-order valence-electron chi connectivity index (χ1n) is 5.89. The van der Waals surface area contributed by atoms with Crippen molar-refractivity contribution < 1.29 is 13.6 Å². The van der Waals surface area contributed by atoms with E-state index in [4.69, 9.17) is 14.3 Å². The van der Waals surface area contributed by atoms with E-state index in [2.05, 4.69) is 0 Å². The zero-order valence-electron chi connectivity index (χ0n) is 10.9. The minimum Gasteiger partial charge on any atom is -0.308 e. The lowest BCUT2D eigenvalue weighted by Gasteiger charge is -2.21. The van der Waals surface area contributed by atoms with Crippen LogP contribution in [0.1, 0.15) is 30.6 Å². The van der Waals surface area contributed by atoms with Crippen LogP contribution < -0.4 is 0 Å². The summed E-state index contributed by atoms with van der Waals surface area (Å²) in [7, 11) is -3.52. The third-order valence-electron chi connectivity index (χ3n) is 2.41. The SMILES string of the molecule is CCOP(=O)(OCC)C(C#N)c1ccc(C#N)cc1. The fourth-order valence-corrected chi connectivity index (χ4v) is 3.39. The van der Waals surface area contributed by atoms with Gasteiger partial charge in [0.25, 0.3) is 0 Å². The number of benzene rings is 1. The fraction of sp³-hybridized carbons (Fsp3) is 0.385. The first-order chi connectivity index (χ1) is 9.11. The summed E-state index contributed by atoms with van der Waals surface area (Å²) in [6.07, 6.45) is 0. The molecule has 0 aliphatic rings. The van der Waals surface area contributed by atoms with Crippen LogP contribution in [0.4, 0.5) is 0 Å². The third-order valence-corrected chi connectivity index (χ3v) is 4.69. The van der Waals surface area contributed by atoms with Crippen molar-refractivity contribution in [3.8, 4) is 12.1 Å². The van der Waals surface area contributed by atoms with E-state index >= 15 is 0 Å².